The molecule has 9 aromatic rings. The van der Waals surface area contributed by atoms with Gasteiger partial charge >= 0.3 is 0 Å². The Morgan fingerprint density at radius 2 is 1.20 bits per heavy atom. The molecule has 0 atom stereocenters. The first-order valence-electron chi connectivity index (χ1n) is 18.7. The van der Waals surface area contributed by atoms with E-state index in [0.717, 1.165) is 67.2 Å². The molecule has 9 rings (SSSR count). The van der Waals surface area contributed by atoms with Gasteiger partial charge in [0.1, 0.15) is 40.3 Å². The molecule has 7 nitrogen and oxygen atoms in total. The maximum atomic E-state index is 6.57. The summed E-state index contributed by atoms with van der Waals surface area (Å²) in [7, 11) is 0. The molecule has 6 aromatic carbocycles. The van der Waals surface area contributed by atoms with Crippen molar-refractivity contribution in [2.75, 3.05) is 0 Å². The fourth-order valence-electron chi connectivity index (χ4n) is 7.08. The number of hydrogen-bond acceptors (Lipinski definition) is 5. The van der Waals surface area contributed by atoms with Crippen LogP contribution < -0.4 is 14.2 Å². The van der Waals surface area contributed by atoms with E-state index >= 15 is 0 Å². The van der Waals surface area contributed by atoms with Gasteiger partial charge in [-0.1, -0.05) is 81.4 Å². The molecule has 0 N–H and O–H groups in total. The molecule has 0 saturated carbocycles. The van der Waals surface area contributed by atoms with Crippen molar-refractivity contribution in [1.82, 2.24) is 19.3 Å². The SMILES string of the molecule is Cc1cc(Oc2ccccc2)c(-c2cnn(-c3cccc(Oc4ccc5c6ccccc6n(-c6cc(C(C)(C)C)ccn6)c5c4)c3)c2)c(Oc2ccccc2)c1. The van der Waals surface area contributed by atoms with Crippen molar-refractivity contribution in [3.8, 4) is 57.1 Å². The van der Waals surface area contributed by atoms with Gasteiger partial charge in [0.15, 0.2) is 0 Å². The number of pyridine rings is 1. The fraction of sp³-hybridized carbons (Fsp3) is 0.102. The third-order valence-corrected chi connectivity index (χ3v) is 9.83. The van der Waals surface area contributed by atoms with Crippen molar-refractivity contribution in [2.45, 2.75) is 33.1 Å². The molecule has 0 aliphatic carbocycles. The molecule has 274 valence electrons. The van der Waals surface area contributed by atoms with Gasteiger partial charge in [-0.25, -0.2) is 9.67 Å². The van der Waals surface area contributed by atoms with Crippen molar-refractivity contribution in [2.24, 2.45) is 0 Å². The van der Waals surface area contributed by atoms with Gasteiger partial charge in [-0.2, -0.15) is 5.10 Å². The third-order valence-electron chi connectivity index (χ3n) is 9.83. The minimum atomic E-state index is -0.0122. The Balaban J connectivity index is 1.07. The van der Waals surface area contributed by atoms with Crippen LogP contribution in [0.15, 0.2) is 170 Å². The molecular weight excluding hydrogens is 693 g/mol. The van der Waals surface area contributed by atoms with E-state index in [9.17, 15) is 0 Å². The number of benzene rings is 6. The second-order valence-electron chi connectivity index (χ2n) is 14.9. The predicted octanol–water partition coefficient (Wildman–Crippen LogP) is 13.0. The Kier molecular flexibility index (Phi) is 8.82. The van der Waals surface area contributed by atoms with E-state index < -0.39 is 0 Å². The number of ether oxygens (including phenoxy) is 3. The second kappa shape index (κ2) is 14.3. The predicted molar refractivity (Wildman–Crippen MR) is 224 cm³/mol. The van der Waals surface area contributed by atoms with E-state index in [-0.39, 0.29) is 5.41 Å². The second-order valence-corrected chi connectivity index (χ2v) is 14.9. The van der Waals surface area contributed by atoms with Crippen LogP contribution in [0.2, 0.25) is 0 Å². The molecule has 0 radical (unpaired) electrons. The lowest BCUT2D eigenvalue weighted by molar-refractivity contribution is 0.463. The van der Waals surface area contributed by atoms with Gasteiger partial charge in [0.2, 0.25) is 0 Å². The van der Waals surface area contributed by atoms with Crippen LogP contribution in [0.1, 0.15) is 31.9 Å². The lowest BCUT2D eigenvalue weighted by atomic mass is 9.88. The summed E-state index contributed by atoms with van der Waals surface area (Å²) >= 11 is 0. The molecule has 56 heavy (non-hydrogen) atoms. The zero-order valence-corrected chi connectivity index (χ0v) is 31.7. The number of para-hydroxylation sites is 3. The van der Waals surface area contributed by atoms with Gasteiger partial charge in [-0.15, -0.1) is 0 Å². The molecule has 0 amide bonds. The van der Waals surface area contributed by atoms with Crippen molar-refractivity contribution in [1.29, 1.82) is 0 Å². The van der Waals surface area contributed by atoms with Crippen LogP contribution in [0.3, 0.4) is 0 Å². The summed E-state index contributed by atoms with van der Waals surface area (Å²) in [5.41, 5.74) is 6.83. The molecule has 0 aliphatic rings. The number of aromatic nitrogens is 4. The minimum absolute atomic E-state index is 0.0122. The Morgan fingerprint density at radius 1 is 0.554 bits per heavy atom. The van der Waals surface area contributed by atoms with Crippen LogP contribution in [0.25, 0.3) is 44.4 Å². The molecule has 0 aliphatic heterocycles. The third kappa shape index (κ3) is 6.87. The fourth-order valence-corrected chi connectivity index (χ4v) is 7.08. The molecule has 3 aromatic heterocycles. The monoisotopic (exact) mass is 732 g/mol. The molecular formula is C49H40N4O3. The standard InChI is InChI=1S/C49H40N4O3/c1-33-26-45(55-37-15-7-5-8-16-37)48(46(27-33)56-38-17-9-6-10-18-38)34-31-51-52(32-34)36-14-13-19-39(29-36)54-40-22-23-42-41-20-11-12-21-43(41)53(44(42)30-40)47-28-35(24-25-50-47)49(2,3)4/h5-32H,1-4H3. The molecule has 0 bridgehead atoms. The Labute approximate surface area is 326 Å². The van der Waals surface area contributed by atoms with Crippen LogP contribution in [-0.2, 0) is 5.41 Å². The Hall–Kier alpha value is -7.12. The lowest BCUT2D eigenvalue weighted by Gasteiger charge is -2.20. The van der Waals surface area contributed by atoms with E-state index in [2.05, 4.69) is 73.9 Å². The minimum Gasteiger partial charge on any atom is -0.457 e. The number of aryl methyl sites for hydroxylation is 1. The largest absolute Gasteiger partial charge is 0.457 e. The lowest BCUT2D eigenvalue weighted by Crippen LogP contribution is -2.12. The number of hydrogen-bond donors (Lipinski definition) is 0. The Morgan fingerprint density at radius 3 is 1.91 bits per heavy atom. The number of rotatable bonds is 9. The van der Waals surface area contributed by atoms with E-state index in [4.69, 9.17) is 24.3 Å². The summed E-state index contributed by atoms with van der Waals surface area (Å²) in [6, 6.07) is 50.5. The first kappa shape index (κ1) is 34.6. The topological polar surface area (TPSA) is 63.3 Å². The summed E-state index contributed by atoms with van der Waals surface area (Å²) in [4.78, 5) is 4.83. The van der Waals surface area contributed by atoms with E-state index in [0.29, 0.717) is 17.2 Å². The number of nitrogens with zero attached hydrogens (tertiary/aromatic N) is 4. The van der Waals surface area contributed by atoms with Crippen LogP contribution >= 0.6 is 0 Å². The smallest absolute Gasteiger partial charge is 0.139 e. The summed E-state index contributed by atoms with van der Waals surface area (Å²) in [6.07, 6.45) is 5.72. The van der Waals surface area contributed by atoms with Crippen molar-refractivity contribution >= 4 is 21.8 Å². The summed E-state index contributed by atoms with van der Waals surface area (Å²) in [5.74, 6) is 5.09. The average molecular weight is 733 g/mol. The van der Waals surface area contributed by atoms with Gasteiger partial charge in [0, 0.05) is 40.9 Å². The highest BCUT2D eigenvalue weighted by Crippen LogP contribution is 2.44. The first-order chi connectivity index (χ1) is 27.3. The summed E-state index contributed by atoms with van der Waals surface area (Å²) < 4.78 is 23.6. The molecule has 7 heteroatoms. The van der Waals surface area contributed by atoms with Crippen molar-refractivity contribution in [3.05, 3.63) is 181 Å². The summed E-state index contributed by atoms with van der Waals surface area (Å²) in [6.45, 7) is 8.70. The quantitative estimate of drug-likeness (QED) is 0.148. The van der Waals surface area contributed by atoms with Gasteiger partial charge in [0.25, 0.3) is 0 Å². The normalized spacial score (nSPS) is 11.6. The van der Waals surface area contributed by atoms with E-state index in [1.165, 1.54) is 5.56 Å². The molecule has 0 unspecified atom stereocenters. The molecule has 3 heterocycles. The van der Waals surface area contributed by atoms with Gasteiger partial charge in [0.05, 0.1) is 28.5 Å². The number of fused-ring (bicyclic) bond motifs is 3. The molecule has 0 spiro atoms. The van der Waals surface area contributed by atoms with Crippen LogP contribution in [-0.4, -0.2) is 19.3 Å². The zero-order chi connectivity index (χ0) is 38.2. The molecule has 0 fully saturated rings. The van der Waals surface area contributed by atoms with Crippen LogP contribution in [0, 0.1) is 6.92 Å². The van der Waals surface area contributed by atoms with Crippen molar-refractivity contribution in [3.63, 3.8) is 0 Å². The van der Waals surface area contributed by atoms with E-state index in [1.54, 1.807) is 0 Å². The summed E-state index contributed by atoms with van der Waals surface area (Å²) in [5, 5.41) is 7.10. The van der Waals surface area contributed by atoms with Gasteiger partial charge < -0.3 is 14.2 Å². The van der Waals surface area contributed by atoms with Crippen molar-refractivity contribution < 1.29 is 14.2 Å². The van der Waals surface area contributed by atoms with Crippen LogP contribution in [0.5, 0.6) is 34.5 Å². The highest BCUT2D eigenvalue weighted by atomic mass is 16.5. The highest BCUT2D eigenvalue weighted by Gasteiger charge is 2.20. The Bertz CT molecular complexity index is 2770. The zero-order valence-electron chi connectivity index (χ0n) is 31.7. The maximum Gasteiger partial charge on any atom is 0.139 e. The average Bonchev–Trinajstić information content (AvgIpc) is 3.82. The van der Waals surface area contributed by atoms with Gasteiger partial charge in [-0.05, 0) is 102 Å². The first-order valence-corrected chi connectivity index (χ1v) is 18.7. The van der Waals surface area contributed by atoms with Crippen LogP contribution in [0.4, 0.5) is 0 Å². The highest BCUT2D eigenvalue weighted by molar-refractivity contribution is 6.09. The maximum absolute atomic E-state index is 6.57. The van der Waals surface area contributed by atoms with E-state index in [1.807, 2.05) is 133 Å². The molecule has 0 saturated heterocycles. The van der Waals surface area contributed by atoms with Gasteiger partial charge in [-0.3, -0.25) is 4.57 Å².